The molecule has 0 N–H and O–H groups in total. The van der Waals surface area contributed by atoms with Gasteiger partial charge in [0.25, 0.3) is 0 Å². The second-order valence-electron chi connectivity index (χ2n) is 3.09. The summed E-state index contributed by atoms with van der Waals surface area (Å²) in [6, 6.07) is 0.730. The van der Waals surface area contributed by atoms with Crippen LogP contribution in [0.15, 0.2) is 6.20 Å². The van der Waals surface area contributed by atoms with Crippen molar-refractivity contribution in [2.24, 2.45) is 0 Å². The van der Waals surface area contributed by atoms with Crippen LogP contribution < -0.4 is 5.46 Å². The molecule has 2 nitrogen and oxygen atoms in total. The van der Waals surface area contributed by atoms with Crippen molar-refractivity contribution in [1.82, 2.24) is 9.78 Å². The summed E-state index contributed by atoms with van der Waals surface area (Å²) in [5.74, 6) is 0. The molecule has 2 rings (SSSR count). The third kappa shape index (κ3) is 0.771. The normalized spacial score (nSPS) is 17.7. The molecule has 1 aliphatic rings. The molecule has 0 unspecified atom stereocenters. The summed E-state index contributed by atoms with van der Waals surface area (Å²) in [5.41, 5.74) is 2.65. The fourth-order valence-electron chi connectivity index (χ4n) is 1.20. The summed E-state index contributed by atoms with van der Waals surface area (Å²) >= 11 is 0. The number of hydrogen-bond acceptors (Lipinski definition) is 1. The van der Waals surface area contributed by atoms with Gasteiger partial charge in [0, 0.05) is 11.9 Å². The third-order valence-corrected chi connectivity index (χ3v) is 2.18. The van der Waals surface area contributed by atoms with Crippen molar-refractivity contribution in [1.29, 1.82) is 0 Å². The minimum Gasteiger partial charge on any atom is -0.267 e. The summed E-state index contributed by atoms with van der Waals surface area (Å²) in [6.45, 7) is 2.14. The molecular weight excluding hydrogens is 123 g/mol. The largest absolute Gasteiger partial charge is 0.267 e. The summed E-state index contributed by atoms with van der Waals surface area (Å²) in [4.78, 5) is 0. The van der Waals surface area contributed by atoms with Crippen molar-refractivity contribution in [2.45, 2.75) is 25.8 Å². The molecule has 0 saturated heterocycles. The third-order valence-electron chi connectivity index (χ3n) is 2.18. The molecule has 0 radical (unpaired) electrons. The fourth-order valence-corrected chi connectivity index (χ4v) is 1.20. The number of hydrogen-bond donors (Lipinski definition) is 0. The molecule has 1 fully saturated rings. The average molecular weight is 134 g/mol. The zero-order valence-corrected chi connectivity index (χ0v) is 6.46. The maximum Gasteiger partial charge on any atom is 0.143 e. The molecule has 52 valence electrons. The maximum absolute atomic E-state index is 4.29. The Bertz CT molecular complexity index is 250. The van der Waals surface area contributed by atoms with Crippen LogP contribution in [-0.2, 0) is 0 Å². The highest BCUT2D eigenvalue weighted by atomic mass is 15.3. The van der Waals surface area contributed by atoms with E-state index in [2.05, 4.69) is 24.6 Å². The molecule has 0 spiro atoms. The number of nitrogens with zero attached hydrogens (tertiary/aromatic N) is 2. The Morgan fingerprint density at radius 2 is 2.40 bits per heavy atom. The number of rotatable bonds is 1. The lowest BCUT2D eigenvalue weighted by molar-refractivity contribution is 0.623. The van der Waals surface area contributed by atoms with Gasteiger partial charge in [-0.15, -0.1) is 0 Å². The van der Waals surface area contributed by atoms with Gasteiger partial charge in [-0.2, -0.15) is 5.10 Å². The zero-order chi connectivity index (χ0) is 7.14. The Kier molecular flexibility index (Phi) is 1.13. The van der Waals surface area contributed by atoms with E-state index in [9.17, 15) is 0 Å². The van der Waals surface area contributed by atoms with E-state index in [-0.39, 0.29) is 0 Å². The van der Waals surface area contributed by atoms with Crippen LogP contribution in [0.4, 0.5) is 0 Å². The Hall–Kier alpha value is -0.725. The van der Waals surface area contributed by atoms with Crippen molar-refractivity contribution >= 4 is 13.3 Å². The number of aromatic nitrogens is 2. The fraction of sp³-hybridized carbons (Fsp3) is 0.571. The summed E-state index contributed by atoms with van der Waals surface area (Å²) in [7, 11) is 2.11. The van der Waals surface area contributed by atoms with Crippen LogP contribution in [0.3, 0.4) is 0 Å². The Morgan fingerprint density at radius 1 is 1.70 bits per heavy atom. The lowest BCUT2D eigenvalue weighted by Crippen LogP contribution is -2.06. The molecule has 0 amide bonds. The van der Waals surface area contributed by atoms with Crippen molar-refractivity contribution in [3.05, 3.63) is 11.9 Å². The van der Waals surface area contributed by atoms with Gasteiger partial charge in [0.15, 0.2) is 0 Å². The molecule has 1 aromatic rings. The lowest BCUT2D eigenvalue weighted by Gasteiger charge is -1.99. The van der Waals surface area contributed by atoms with Gasteiger partial charge in [-0.05, 0) is 25.2 Å². The van der Waals surface area contributed by atoms with Crippen LogP contribution in [0.1, 0.15) is 24.6 Å². The molecular formula is C7H11BN2. The second-order valence-corrected chi connectivity index (χ2v) is 3.09. The van der Waals surface area contributed by atoms with E-state index in [0.29, 0.717) is 0 Å². The van der Waals surface area contributed by atoms with Crippen molar-refractivity contribution in [2.75, 3.05) is 0 Å². The first-order valence-electron chi connectivity index (χ1n) is 3.80. The Labute approximate surface area is 61.6 Å². The smallest absolute Gasteiger partial charge is 0.143 e. The molecule has 10 heavy (non-hydrogen) atoms. The van der Waals surface area contributed by atoms with Gasteiger partial charge in [0.1, 0.15) is 7.85 Å². The van der Waals surface area contributed by atoms with Crippen LogP contribution in [0.2, 0.25) is 0 Å². The van der Waals surface area contributed by atoms with Gasteiger partial charge < -0.3 is 0 Å². The summed E-state index contributed by atoms with van der Waals surface area (Å²) in [5, 5.41) is 4.29. The van der Waals surface area contributed by atoms with Gasteiger partial charge in [0.2, 0.25) is 0 Å². The van der Waals surface area contributed by atoms with Crippen LogP contribution in [-0.4, -0.2) is 17.6 Å². The predicted molar refractivity (Wildman–Crippen MR) is 43.4 cm³/mol. The minimum atomic E-state index is 0.730. The second kappa shape index (κ2) is 1.88. The van der Waals surface area contributed by atoms with Crippen LogP contribution in [0.25, 0.3) is 0 Å². The van der Waals surface area contributed by atoms with E-state index in [4.69, 9.17) is 0 Å². The van der Waals surface area contributed by atoms with Crippen LogP contribution in [0.5, 0.6) is 0 Å². The maximum atomic E-state index is 4.29. The van der Waals surface area contributed by atoms with E-state index in [0.717, 1.165) is 6.04 Å². The first kappa shape index (κ1) is 6.02. The molecule has 1 saturated carbocycles. The van der Waals surface area contributed by atoms with Gasteiger partial charge in [-0.3, -0.25) is 4.68 Å². The molecule has 1 aliphatic carbocycles. The molecule has 1 heterocycles. The van der Waals surface area contributed by atoms with Gasteiger partial charge >= 0.3 is 0 Å². The Morgan fingerprint density at radius 3 is 2.80 bits per heavy atom. The van der Waals surface area contributed by atoms with Crippen LogP contribution in [0, 0.1) is 6.92 Å². The lowest BCUT2D eigenvalue weighted by atomic mass is 9.98. The van der Waals surface area contributed by atoms with Crippen molar-refractivity contribution < 1.29 is 0 Å². The van der Waals surface area contributed by atoms with E-state index >= 15 is 0 Å². The van der Waals surface area contributed by atoms with E-state index in [1.807, 2.05) is 6.20 Å². The average Bonchev–Trinajstić information content (AvgIpc) is 2.67. The van der Waals surface area contributed by atoms with Gasteiger partial charge in [-0.1, -0.05) is 0 Å². The topological polar surface area (TPSA) is 17.8 Å². The summed E-state index contributed by atoms with van der Waals surface area (Å²) < 4.78 is 2.15. The Balaban J connectivity index is 2.40. The predicted octanol–water partition coefficient (Wildman–Crippen LogP) is -0.215. The van der Waals surface area contributed by atoms with E-state index < -0.39 is 0 Å². The standard InChI is InChI=1S/C7H11BN2/c1-5-7(8)4-9-10(5)6-2-3-6/h4,6H,2-3,8H2,1H3. The quantitative estimate of drug-likeness (QED) is 0.485. The first-order valence-corrected chi connectivity index (χ1v) is 3.80. The molecule has 0 atom stereocenters. The summed E-state index contributed by atoms with van der Waals surface area (Å²) in [6.07, 6.45) is 4.59. The van der Waals surface area contributed by atoms with E-state index in [1.54, 1.807) is 0 Å². The zero-order valence-electron chi connectivity index (χ0n) is 6.46. The van der Waals surface area contributed by atoms with Crippen LogP contribution >= 0.6 is 0 Å². The van der Waals surface area contributed by atoms with Gasteiger partial charge in [0.05, 0.1) is 6.04 Å². The first-order chi connectivity index (χ1) is 4.79. The molecule has 3 heteroatoms. The molecule has 1 aromatic heterocycles. The van der Waals surface area contributed by atoms with Crippen molar-refractivity contribution in [3.63, 3.8) is 0 Å². The molecule has 0 aromatic carbocycles. The highest BCUT2D eigenvalue weighted by molar-refractivity contribution is 6.32. The monoisotopic (exact) mass is 134 g/mol. The SMILES string of the molecule is Bc1cnn(C2CC2)c1C. The highest BCUT2D eigenvalue weighted by Crippen LogP contribution is 2.34. The molecule has 0 aliphatic heterocycles. The molecule has 0 bridgehead atoms. The van der Waals surface area contributed by atoms with Gasteiger partial charge in [-0.25, -0.2) is 0 Å². The van der Waals surface area contributed by atoms with Crippen molar-refractivity contribution in [3.8, 4) is 0 Å². The van der Waals surface area contributed by atoms with E-state index in [1.165, 1.54) is 24.0 Å². The highest BCUT2D eigenvalue weighted by Gasteiger charge is 2.25. The minimum absolute atomic E-state index is 0.730.